The van der Waals surface area contributed by atoms with Crippen LogP contribution < -0.4 is 5.73 Å². The maximum Gasteiger partial charge on any atom is 0.182 e. The third-order valence-electron chi connectivity index (χ3n) is 3.94. The number of benzene rings is 1. The molecule has 0 atom stereocenters. The molecule has 0 aliphatic heterocycles. The summed E-state index contributed by atoms with van der Waals surface area (Å²) in [5, 5.41) is 12.6. The molecule has 106 valence electrons. The van der Waals surface area contributed by atoms with Crippen molar-refractivity contribution in [1.82, 2.24) is 20.2 Å². The molecule has 0 saturated heterocycles. The van der Waals surface area contributed by atoms with E-state index in [2.05, 4.69) is 15.5 Å². The number of nitrogens with zero attached hydrogens (tertiary/aromatic N) is 4. The molecule has 0 spiro atoms. The quantitative estimate of drug-likeness (QED) is 0.882. The zero-order valence-electron chi connectivity index (χ0n) is 11.3. The maximum atomic E-state index is 5.95. The minimum Gasteiger partial charge on any atom is -0.398 e. The highest BCUT2D eigenvalue weighted by Gasteiger charge is 2.17. The van der Waals surface area contributed by atoms with Crippen LogP contribution >= 0.6 is 11.6 Å². The Morgan fingerprint density at radius 2 is 2.05 bits per heavy atom. The Morgan fingerprint density at radius 1 is 1.25 bits per heavy atom. The summed E-state index contributed by atoms with van der Waals surface area (Å²) in [6.07, 6.45) is 6.52. The number of anilines is 1. The van der Waals surface area contributed by atoms with Crippen molar-refractivity contribution in [3.05, 3.63) is 23.2 Å². The Bertz CT molecular complexity index is 589. The third-order valence-corrected chi connectivity index (χ3v) is 4.29. The molecule has 1 aromatic carbocycles. The van der Waals surface area contributed by atoms with Gasteiger partial charge in [-0.05, 0) is 47.4 Å². The molecule has 0 amide bonds. The average molecular weight is 292 g/mol. The first-order chi connectivity index (χ1) is 9.74. The van der Waals surface area contributed by atoms with E-state index in [4.69, 9.17) is 17.3 Å². The van der Waals surface area contributed by atoms with Crippen molar-refractivity contribution in [3.63, 3.8) is 0 Å². The van der Waals surface area contributed by atoms with Crippen molar-refractivity contribution < 1.29 is 0 Å². The van der Waals surface area contributed by atoms with Gasteiger partial charge in [0.25, 0.3) is 0 Å². The first kappa shape index (κ1) is 13.4. The van der Waals surface area contributed by atoms with Crippen LogP contribution in [0, 0.1) is 5.92 Å². The SMILES string of the molecule is Nc1cc(-c2nnnn2CC2CCCCC2)ccc1Cl. The first-order valence-electron chi connectivity index (χ1n) is 7.05. The van der Waals surface area contributed by atoms with Gasteiger partial charge in [0, 0.05) is 12.1 Å². The molecule has 1 heterocycles. The summed E-state index contributed by atoms with van der Waals surface area (Å²) < 4.78 is 1.89. The fraction of sp³-hybridized carbons (Fsp3) is 0.500. The van der Waals surface area contributed by atoms with Gasteiger partial charge in [0.05, 0.1) is 10.7 Å². The zero-order valence-corrected chi connectivity index (χ0v) is 12.1. The molecule has 1 fully saturated rings. The fourth-order valence-corrected chi connectivity index (χ4v) is 2.95. The highest BCUT2D eigenvalue weighted by atomic mass is 35.5. The Balaban J connectivity index is 1.83. The Labute approximate surface area is 123 Å². The van der Waals surface area contributed by atoms with E-state index < -0.39 is 0 Å². The van der Waals surface area contributed by atoms with Crippen LogP contribution in [0.2, 0.25) is 5.02 Å². The summed E-state index contributed by atoms with van der Waals surface area (Å²) in [6, 6.07) is 5.51. The Hall–Kier alpha value is -1.62. The summed E-state index contributed by atoms with van der Waals surface area (Å²) in [5.74, 6) is 1.44. The van der Waals surface area contributed by atoms with Crippen LogP contribution in [-0.2, 0) is 6.54 Å². The molecule has 0 radical (unpaired) electrons. The zero-order chi connectivity index (χ0) is 13.9. The van der Waals surface area contributed by atoms with E-state index >= 15 is 0 Å². The predicted molar refractivity (Wildman–Crippen MR) is 79.3 cm³/mol. The summed E-state index contributed by atoms with van der Waals surface area (Å²) in [6.45, 7) is 0.880. The number of hydrogen-bond acceptors (Lipinski definition) is 4. The van der Waals surface area contributed by atoms with Gasteiger partial charge in [-0.25, -0.2) is 4.68 Å². The van der Waals surface area contributed by atoms with Crippen LogP contribution in [0.15, 0.2) is 18.2 Å². The molecule has 1 aliphatic rings. The largest absolute Gasteiger partial charge is 0.398 e. The number of halogens is 1. The molecule has 0 unspecified atom stereocenters. The molecular weight excluding hydrogens is 274 g/mol. The average Bonchev–Trinajstić information content (AvgIpc) is 2.91. The molecule has 5 nitrogen and oxygen atoms in total. The molecule has 1 aliphatic carbocycles. The minimum atomic E-state index is 0.552. The van der Waals surface area contributed by atoms with E-state index in [0.717, 1.165) is 17.9 Å². The maximum absolute atomic E-state index is 5.95. The van der Waals surface area contributed by atoms with Crippen LogP contribution in [0.5, 0.6) is 0 Å². The number of aromatic nitrogens is 4. The summed E-state index contributed by atoms with van der Waals surface area (Å²) in [4.78, 5) is 0. The predicted octanol–water partition coefficient (Wildman–Crippen LogP) is 3.16. The monoisotopic (exact) mass is 291 g/mol. The van der Waals surface area contributed by atoms with E-state index in [0.29, 0.717) is 16.6 Å². The molecule has 1 saturated carbocycles. The fourth-order valence-electron chi connectivity index (χ4n) is 2.83. The van der Waals surface area contributed by atoms with Crippen LogP contribution in [0.3, 0.4) is 0 Å². The lowest BCUT2D eigenvalue weighted by atomic mass is 9.89. The van der Waals surface area contributed by atoms with Crippen molar-refractivity contribution in [2.75, 3.05) is 5.73 Å². The van der Waals surface area contributed by atoms with Gasteiger partial charge in [0.1, 0.15) is 0 Å². The smallest absolute Gasteiger partial charge is 0.182 e. The highest BCUT2D eigenvalue weighted by molar-refractivity contribution is 6.33. The van der Waals surface area contributed by atoms with Gasteiger partial charge >= 0.3 is 0 Å². The lowest BCUT2D eigenvalue weighted by Crippen LogP contribution is -2.16. The second kappa shape index (κ2) is 5.79. The van der Waals surface area contributed by atoms with Crippen molar-refractivity contribution in [2.45, 2.75) is 38.6 Å². The lowest BCUT2D eigenvalue weighted by molar-refractivity contribution is 0.307. The van der Waals surface area contributed by atoms with Gasteiger partial charge in [-0.3, -0.25) is 0 Å². The van der Waals surface area contributed by atoms with Gasteiger partial charge < -0.3 is 5.73 Å². The molecule has 0 bridgehead atoms. The Kier molecular flexibility index (Phi) is 3.87. The highest BCUT2D eigenvalue weighted by Crippen LogP contribution is 2.28. The molecule has 2 aromatic rings. The summed E-state index contributed by atoms with van der Waals surface area (Å²) in [7, 11) is 0. The standard InChI is InChI=1S/C14H18ClN5/c15-12-7-6-11(8-13(12)16)14-17-18-19-20(14)9-10-4-2-1-3-5-10/h6-8,10H,1-5,9,16H2. The first-order valence-corrected chi connectivity index (χ1v) is 7.43. The molecule has 6 heteroatoms. The Morgan fingerprint density at radius 3 is 2.80 bits per heavy atom. The minimum absolute atomic E-state index is 0.552. The van der Waals surface area contributed by atoms with E-state index in [1.54, 1.807) is 6.07 Å². The second-order valence-corrected chi connectivity index (χ2v) is 5.83. The molecular formula is C14H18ClN5. The molecule has 3 rings (SSSR count). The van der Waals surface area contributed by atoms with Crippen LogP contribution in [0.25, 0.3) is 11.4 Å². The van der Waals surface area contributed by atoms with Crippen LogP contribution in [0.4, 0.5) is 5.69 Å². The van der Waals surface area contributed by atoms with E-state index in [1.165, 1.54) is 32.1 Å². The van der Waals surface area contributed by atoms with E-state index in [1.807, 2.05) is 16.8 Å². The number of nitrogen functional groups attached to an aromatic ring is 1. The summed E-state index contributed by atoms with van der Waals surface area (Å²) >= 11 is 5.95. The summed E-state index contributed by atoms with van der Waals surface area (Å²) in [5.41, 5.74) is 7.31. The lowest BCUT2D eigenvalue weighted by Gasteiger charge is -2.21. The van der Waals surface area contributed by atoms with Crippen molar-refractivity contribution >= 4 is 17.3 Å². The topological polar surface area (TPSA) is 69.6 Å². The number of hydrogen-bond donors (Lipinski definition) is 1. The van der Waals surface area contributed by atoms with Crippen molar-refractivity contribution in [3.8, 4) is 11.4 Å². The van der Waals surface area contributed by atoms with Crippen LogP contribution in [-0.4, -0.2) is 20.2 Å². The number of tetrazole rings is 1. The van der Waals surface area contributed by atoms with Gasteiger partial charge in [-0.2, -0.15) is 0 Å². The number of nitrogens with two attached hydrogens (primary N) is 1. The van der Waals surface area contributed by atoms with Crippen LogP contribution in [0.1, 0.15) is 32.1 Å². The van der Waals surface area contributed by atoms with Crippen molar-refractivity contribution in [1.29, 1.82) is 0 Å². The van der Waals surface area contributed by atoms with Crippen molar-refractivity contribution in [2.24, 2.45) is 5.92 Å². The van der Waals surface area contributed by atoms with Gasteiger partial charge in [0.2, 0.25) is 0 Å². The molecule has 2 N–H and O–H groups in total. The van der Waals surface area contributed by atoms with Gasteiger partial charge in [0.15, 0.2) is 5.82 Å². The molecule has 20 heavy (non-hydrogen) atoms. The van der Waals surface area contributed by atoms with Gasteiger partial charge in [-0.15, -0.1) is 5.10 Å². The third kappa shape index (κ3) is 2.77. The van der Waals surface area contributed by atoms with E-state index in [-0.39, 0.29) is 0 Å². The van der Waals surface area contributed by atoms with E-state index in [9.17, 15) is 0 Å². The van der Waals surface area contributed by atoms with Gasteiger partial charge in [-0.1, -0.05) is 30.9 Å². The molecule has 1 aromatic heterocycles. The number of rotatable bonds is 3. The normalized spacial score (nSPS) is 16.4. The second-order valence-electron chi connectivity index (χ2n) is 5.42.